The Balaban J connectivity index is 1.45. The van der Waals surface area contributed by atoms with Crippen LogP contribution in [0.5, 0.6) is 0 Å². The summed E-state index contributed by atoms with van der Waals surface area (Å²) in [5.74, 6) is 3.51. The van der Waals surface area contributed by atoms with E-state index in [-0.39, 0.29) is 5.41 Å². The van der Waals surface area contributed by atoms with Crippen LogP contribution >= 0.6 is 0 Å². The van der Waals surface area contributed by atoms with Gasteiger partial charge in [-0.3, -0.25) is 14.8 Å². The van der Waals surface area contributed by atoms with Crippen molar-refractivity contribution in [2.75, 3.05) is 0 Å². The first-order valence-electron chi connectivity index (χ1n) is 11.0. The molecule has 4 aliphatic carbocycles. The highest BCUT2D eigenvalue weighted by Crippen LogP contribution is 2.66. The van der Waals surface area contributed by atoms with Crippen molar-refractivity contribution in [3.63, 3.8) is 0 Å². The van der Waals surface area contributed by atoms with Gasteiger partial charge in [-0.1, -0.05) is 19.9 Å². The Morgan fingerprint density at radius 2 is 1.96 bits per heavy atom. The standard InChI is InChI=1S/C24H32N2O/c1-23-10-3-4-17(27)14-16(23)5-6-18-19-7-8-21(22-15-25-12-13-26-22)24(19,2)11-9-20(18)23/h8,12-13,15-16,18-20H,3-7,9-11,14H2,1-2H3/t16-,18-,19-,20?,23-,24-/m0/s1. The first-order chi connectivity index (χ1) is 13.0. The number of aromatic nitrogens is 2. The molecule has 6 atom stereocenters. The van der Waals surface area contributed by atoms with Gasteiger partial charge in [0, 0.05) is 25.2 Å². The minimum Gasteiger partial charge on any atom is -0.300 e. The lowest BCUT2D eigenvalue weighted by Crippen LogP contribution is -2.51. The molecule has 1 aromatic heterocycles. The van der Waals surface area contributed by atoms with Gasteiger partial charge in [0.15, 0.2) is 0 Å². The van der Waals surface area contributed by atoms with Crippen LogP contribution in [-0.4, -0.2) is 15.8 Å². The Kier molecular flexibility index (Phi) is 4.07. The number of ketones is 1. The molecule has 0 N–H and O–H groups in total. The fourth-order valence-corrected chi connectivity index (χ4v) is 7.71. The molecule has 4 aliphatic rings. The van der Waals surface area contributed by atoms with Gasteiger partial charge in [-0.15, -0.1) is 0 Å². The second-order valence-electron chi connectivity index (χ2n) is 10.2. The second-order valence-corrected chi connectivity index (χ2v) is 10.2. The molecule has 1 aromatic rings. The predicted molar refractivity (Wildman–Crippen MR) is 107 cm³/mol. The molecular weight excluding hydrogens is 332 g/mol. The van der Waals surface area contributed by atoms with E-state index in [2.05, 4.69) is 29.9 Å². The Hall–Kier alpha value is -1.51. The molecule has 0 spiro atoms. The highest BCUT2D eigenvalue weighted by molar-refractivity contribution is 5.79. The maximum absolute atomic E-state index is 12.3. The summed E-state index contributed by atoms with van der Waals surface area (Å²) >= 11 is 0. The van der Waals surface area contributed by atoms with E-state index in [9.17, 15) is 4.79 Å². The molecule has 3 nitrogen and oxygen atoms in total. The lowest BCUT2D eigenvalue weighted by molar-refractivity contribution is -0.122. The predicted octanol–water partition coefficient (Wildman–Crippen LogP) is 5.47. The van der Waals surface area contributed by atoms with Gasteiger partial charge in [-0.05, 0) is 85.0 Å². The van der Waals surface area contributed by atoms with Crippen LogP contribution in [0.3, 0.4) is 0 Å². The van der Waals surface area contributed by atoms with E-state index in [0.29, 0.717) is 17.1 Å². The van der Waals surface area contributed by atoms with Crippen LogP contribution in [0.2, 0.25) is 0 Å². The summed E-state index contributed by atoms with van der Waals surface area (Å²) in [6.07, 6.45) is 18.4. The van der Waals surface area contributed by atoms with Crippen LogP contribution in [0.15, 0.2) is 24.7 Å². The third-order valence-corrected chi connectivity index (χ3v) is 9.13. The molecule has 0 saturated heterocycles. The normalized spacial score (nSPS) is 43.9. The van der Waals surface area contributed by atoms with Gasteiger partial charge in [0.25, 0.3) is 0 Å². The monoisotopic (exact) mass is 364 g/mol. The summed E-state index contributed by atoms with van der Waals surface area (Å²) in [6, 6.07) is 0. The van der Waals surface area contributed by atoms with Crippen LogP contribution in [-0.2, 0) is 4.79 Å². The summed E-state index contributed by atoms with van der Waals surface area (Å²) in [5, 5.41) is 0. The van der Waals surface area contributed by atoms with Gasteiger partial charge in [0.05, 0.1) is 11.9 Å². The average Bonchev–Trinajstić information content (AvgIpc) is 2.93. The number of carbonyl (C=O) groups excluding carboxylic acids is 1. The molecule has 1 unspecified atom stereocenters. The summed E-state index contributed by atoms with van der Waals surface area (Å²) in [5.41, 5.74) is 3.16. The van der Waals surface area contributed by atoms with Crippen LogP contribution in [0.25, 0.3) is 5.57 Å². The van der Waals surface area contributed by atoms with E-state index >= 15 is 0 Å². The molecule has 1 heterocycles. The number of rotatable bonds is 1. The lowest BCUT2D eigenvalue weighted by atomic mass is 9.46. The molecule has 3 fully saturated rings. The fraction of sp³-hybridized carbons (Fsp3) is 0.708. The lowest BCUT2D eigenvalue weighted by Gasteiger charge is -2.58. The zero-order valence-electron chi connectivity index (χ0n) is 16.8. The molecule has 3 saturated carbocycles. The Bertz CT molecular complexity index is 772. The van der Waals surface area contributed by atoms with Crippen molar-refractivity contribution in [2.45, 2.75) is 71.6 Å². The largest absolute Gasteiger partial charge is 0.300 e. The number of fused-ring (bicyclic) bond motifs is 5. The van der Waals surface area contributed by atoms with Gasteiger partial charge in [0.2, 0.25) is 0 Å². The zero-order valence-corrected chi connectivity index (χ0v) is 16.8. The van der Waals surface area contributed by atoms with E-state index in [1.54, 1.807) is 6.20 Å². The second kappa shape index (κ2) is 6.25. The molecule has 27 heavy (non-hydrogen) atoms. The van der Waals surface area contributed by atoms with E-state index < -0.39 is 0 Å². The Morgan fingerprint density at radius 1 is 1.07 bits per heavy atom. The number of carbonyl (C=O) groups is 1. The highest BCUT2D eigenvalue weighted by atomic mass is 16.1. The summed E-state index contributed by atoms with van der Waals surface area (Å²) in [4.78, 5) is 21.2. The smallest absolute Gasteiger partial charge is 0.133 e. The van der Waals surface area contributed by atoms with E-state index in [1.165, 1.54) is 44.1 Å². The molecule has 144 valence electrons. The Morgan fingerprint density at radius 3 is 2.78 bits per heavy atom. The van der Waals surface area contributed by atoms with Crippen LogP contribution in [0.1, 0.15) is 77.3 Å². The van der Waals surface area contributed by atoms with Crippen molar-refractivity contribution in [3.8, 4) is 0 Å². The average molecular weight is 365 g/mol. The molecule has 0 bridgehead atoms. The van der Waals surface area contributed by atoms with Crippen molar-refractivity contribution < 1.29 is 4.79 Å². The van der Waals surface area contributed by atoms with Crippen molar-refractivity contribution >= 4 is 11.4 Å². The topological polar surface area (TPSA) is 42.9 Å². The molecule has 0 radical (unpaired) electrons. The van der Waals surface area contributed by atoms with Crippen LogP contribution in [0, 0.1) is 34.5 Å². The number of hydrogen-bond acceptors (Lipinski definition) is 3. The van der Waals surface area contributed by atoms with Crippen molar-refractivity contribution in [1.82, 2.24) is 9.97 Å². The van der Waals surface area contributed by atoms with E-state index in [0.717, 1.165) is 42.7 Å². The third-order valence-electron chi connectivity index (χ3n) is 9.13. The van der Waals surface area contributed by atoms with E-state index in [4.69, 9.17) is 0 Å². The molecular formula is C24H32N2O. The van der Waals surface area contributed by atoms with Crippen molar-refractivity contribution in [2.24, 2.45) is 34.5 Å². The minimum atomic E-state index is 0.251. The summed E-state index contributed by atoms with van der Waals surface area (Å²) < 4.78 is 0. The molecule has 3 heteroatoms. The number of allylic oxidation sites excluding steroid dienone is 2. The van der Waals surface area contributed by atoms with Crippen LogP contribution < -0.4 is 0 Å². The highest BCUT2D eigenvalue weighted by Gasteiger charge is 2.58. The van der Waals surface area contributed by atoms with Crippen LogP contribution in [0.4, 0.5) is 0 Å². The third kappa shape index (κ3) is 2.57. The molecule has 0 amide bonds. The van der Waals surface area contributed by atoms with E-state index in [1.807, 2.05) is 12.4 Å². The van der Waals surface area contributed by atoms with Gasteiger partial charge in [-0.2, -0.15) is 0 Å². The number of Topliss-reactive ketones (excluding diaryl/α,β-unsaturated/α-hetero) is 1. The molecule has 0 aromatic carbocycles. The quantitative estimate of drug-likeness (QED) is 0.663. The maximum atomic E-state index is 12.3. The number of hydrogen-bond donors (Lipinski definition) is 0. The first kappa shape index (κ1) is 17.6. The van der Waals surface area contributed by atoms with Gasteiger partial charge < -0.3 is 0 Å². The van der Waals surface area contributed by atoms with Gasteiger partial charge in [-0.25, -0.2) is 0 Å². The zero-order chi connectivity index (χ0) is 18.6. The minimum absolute atomic E-state index is 0.251. The van der Waals surface area contributed by atoms with Crippen molar-refractivity contribution in [3.05, 3.63) is 30.4 Å². The SMILES string of the molecule is C[C@]12CCC3[C@@H](CC[C@H]4CC(=O)CCC[C@]34C)[C@@H]1CC=C2c1cnccn1. The maximum Gasteiger partial charge on any atom is 0.133 e. The van der Waals surface area contributed by atoms with Gasteiger partial charge in [0.1, 0.15) is 5.78 Å². The van der Waals surface area contributed by atoms with Crippen molar-refractivity contribution in [1.29, 1.82) is 0 Å². The fourth-order valence-electron chi connectivity index (χ4n) is 7.71. The summed E-state index contributed by atoms with van der Waals surface area (Å²) in [6.45, 7) is 5.04. The molecule has 5 rings (SSSR count). The number of nitrogens with zero attached hydrogens (tertiary/aromatic N) is 2. The summed E-state index contributed by atoms with van der Waals surface area (Å²) in [7, 11) is 0. The Labute approximate surface area is 163 Å². The van der Waals surface area contributed by atoms with Gasteiger partial charge >= 0.3 is 0 Å². The molecule has 0 aliphatic heterocycles. The first-order valence-corrected chi connectivity index (χ1v) is 11.0.